The van der Waals surface area contributed by atoms with Gasteiger partial charge in [-0.05, 0) is 25.7 Å². The highest BCUT2D eigenvalue weighted by atomic mass is 15.0. The van der Waals surface area contributed by atoms with Crippen LogP contribution < -0.4 is 5.32 Å². The van der Waals surface area contributed by atoms with Crippen LogP contribution in [0.3, 0.4) is 0 Å². The van der Waals surface area contributed by atoms with E-state index in [9.17, 15) is 0 Å². The largest absolute Gasteiger partial charge is 0.311 e. The zero-order chi connectivity index (χ0) is 8.97. The van der Waals surface area contributed by atoms with Gasteiger partial charge in [-0.2, -0.15) is 0 Å². The van der Waals surface area contributed by atoms with Crippen LogP contribution >= 0.6 is 0 Å². The zero-order valence-corrected chi connectivity index (χ0v) is 8.77. The maximum absolute atomic E-state index is 3.73. The average molecular weight is 169 g/mol. The molecule has 0 bridgehead atoms. The smallest absolute Gasteiger partial charge is 0.00696 e. The third-order valence-corrected chi connectivity index (χ3v) is 3.35. The Morgan fingerprint density at radius 3 is 2.33 bits per heavy atom. The lowest BCUT2D eigenvalue weighted by molar-refractivity contribution is 0.349. The van der Waals surface area contributed by atoms with Gasteiger partial charge in [-0.3, -0.25) is 0 Å². The number of nitrogens with one attached hydrogen (secondary N) is 1. The van der Waals surface area contributed by atoms with Crippen molar-refractivity contribution in [1.29, 1.82) is 0 Å². The predicted octanol–water partition coefficient (Wildman–Crippen LogP) is 2.95. The molecule has 1 fully saturated rings. The van der Waals surface area contributed by atoms with Gasteiger partial charge in [0, 0.05) is 12.1 Å². The summed E-state index contributed by atoms with van der Waals surface area (Å²) in [7, 11) is 0. The van der Waals surface area contributed by atoms with Crippen molar-refractivity contribution in [2.24, 2.45) is 5.92 Å². The SMILES string of the molecule is CCC(C)C(C)NC1CCCC1. The van der Waals surface area contributed by atoms with E-state index in [0.29, 0.717) is 6.04 Å². The van der Waals surface area contributed by atoms with Crippen LogP contribution in [0.15, 0.2) is 0 Å². The summed E-state index contributed by atoms with van der Waals surface area (Å²) in [5.74, 6) is 0.825. The second kappa shape index (κ2) is 4.86. The summed E-state index contributed by atoms with van der Waals surface area (Å²) in [5.41, 5.74) is 0. The van der Waals surface area contributed by atoms with Gasteiger partial charge in [0.15, 0.2) is 0 Å². The molecule has 0 aromatic heterocycles. The minimum Gasteiger partial charge on any atom is -0.311 e. The maximum Gasteiger partial charge on any atom is 0.00696 e. The fourth-order valence-electron chi connectivity index (χ4n) is 1.98. The summed E-state index contributed by atoms with van der Waals surface area (Å²) in [6.07, 6.45) is 6.97. The Kier molecular flexibility index (Phi) is 4.07. The fraction of sp³-hybridized carbons (Fsp3) is 1.00. The molecule has 1 heteroatoms. The van der Waals surface area contributed by atoms with Gasteiger partial charge in [0.2, 0.25) is 0 Å². The molecule has 0 heterocycles. The predicted molar refractivity (Wildman–Crippen MR) is 54.3 cm³/mol. The Bertz CT molecular complexity index is 116. The van der Waals surface area contributed by atoms with E-state index in [1.165, 1.54) is 32.1 Å². The van der Waals surface area contributed by atoms with Gasteiger partial charge < -0.3 is 5.32 Å². The number of hydrogen-bond acceptors (Lipinski definition) is 1. The van der Waals surface area contributed by atoms with Crippen molar-refractivity contribution in [3.8, 4) is 0 Å². The zero-order valence-electron chi connectivity index (χ0n) is 8.77. The Labute approximate surface area is 76.9 Å². The van der Waals surface area contributed by atoms with Crippen LogP contribution in [0.1, 0.15) is 52.9 Å². The number of hydrogen-bond donors (Lipinski definition) is 1. The van der Waals surface area contributed by atoms with Crippen LogP contribution in [0.4, 0.5) is 0 Å². The van der Waals surface area contributed by atoms with Crippen molar-refractivity contribution < 1.29 is 0 Å². The van der Waals surface area contributed by atoms with E-state index < -0.39 is 0 Å². The molecule has 1 saturated carbocycles. The lowest BCUT2D eigenvalue weighted by Crippen LogP contribution is -2.38. The van der Waals surface area contributed by atoms with Gasteiger partial charge in [0.25, 0.3) is 0 Å². The minimum absolute atomic E-state index is 0.707. The molecule has 1 N–H and O–H groups in total. The molecule has 0 radical (unpaired) electrons. The highest BCUT2D eigenvalue weighted by Crippen LogP contribution is 2.19. The quantitative estimate of drug-likeness (QED) is 0.682. The van der Waals surface area contributed by atoms with Crippen LogP contribution in [0.25, 0.3) is 0 Å². The van der Waals surface area contributed by atoms with Crippen LogP contribution in [0, 0.1) is 5.92 Å². The summed E-state index contributed by atoms with van der Waals surface area (Å²) in [6, 6.07) is 1.53. The molecule has 0 amide bonds. The van der Waals surface area contributed by atoms with Crippen LogP contribution in [0.5, 0.6) is 0 Å². The van der Waals surface area contributed by atoms with Gasteiger partial charge in [-0.25, -0.2) is 0 Å². The first kappa shape index (κ1) is 10.0. The van der Waals surface area contributed by atoms with Crippen molar-refractivity contribution in [1.82, 2.24) is 5.32 Å². The lowest BCUT2D eigenvalue weighted by Gasteiger charge is -2.23. The summed E-state index contributed by atoms with van der Waals surface area (Å²) < 4.78 is 0. The summed E-state index contributed by atoms with van der Waals surface area (Å²) >= 11 is 0. The van der Waals surface area contributed by atoms with E-state index in [2.05, 4.69) is 26.1 Å². The summed E-state index contributed by atoms with van der Waals surface area (Å²) in [5, 5.41) is 3.73. The van der Waals surface area contributed by atoms with E-state index in [1.54, 1.807) is 0 Å². The third-order valence-electron chi connectivity index (χ3n) is 3.35. The monoisotopic (exact) mass is 169 g/mol. The molecule has 0 spiro atoms. The molecule has 0 aliphatic heterocycles. The van der Waals surface area contributed by atoms with Gasteiger partial charge >= 0.3 is 0 Å². The Morgan fingerprint density at radius 1 is 1.25 bits per heavy atom. The maximum atomic E-state index is 3.73. The van der Waals surface area contributed by atoms with Crippen LogP contribution in [-0.4, -0.2) is 12.1 Å². The second-order valence-electron chi connectivity index (χ2n) is 4.32. The van der Waals surface area contributed by atoms with Crippen LogP contribution in [0.2, 0.25) is 0 Å². The lowest BCUT2D eigenvalue weighted by atomic mass is 10.00. The average Bonchev–Trinajstić information content (AvgIpc) is 2.55. The first-order valence-corrected chi connectivity index (χ1v) is 5.50. The van der Waals surface area contributed by atoms with Crippen LogP contribution in [-0.2, 0) is 0 Å². The van der Waals surface area contributed by atoms with E-state index >= 15 is 0 Å². The molecular weight excluding hydrogens is 146 g/mol. The fourth-order valence-corrected chi connectivity index (χ4v) is 1.98. The van der Waals surface area contributed by atoms with Gasteiger partial charge in [0.05, 0.1) is 0 Å². The molecule has 0 aromatic carbocycles. The first-order chi connectivity index (χ1) is 5.74. The van der Waals surface area contributed by atoms with Crippen molar-refractivity contribution in [2.45, 2.75) is 65.0 Å². The Hall–Kier alpha value is -0.0400. The van der Waals surface area contributed by atoms with Crippen molar-refractivity contribution in [2.75, 3.05) is 0 Å². The third kappa shape index (κ3) is 2.78. The highest BCUT2D eigenvalue weighted by Gasteiger charge is 2.18. The molecule has 1 nitrogen and oxygen atoms in total. The van der Waals surface area contributed by atoms with Gasteiger partial charge in [-0.1, -0.05) is 33.1 Å². The van der Waals surface area contributed by atoms with Crippen molar-refractivity contribution in [3.05, 3.63) is 0 Å². The summed E-state index contributed by atoms with van der Waals surface area (Å²) in [4.78, 5) is 0. The Balaban J connectivity index is 2.19. The molecule has 2 atom stereocenters. The van der Waals surface area contributed by atoms with E-state index in [0.717, 1.165) is 12.0 Å². The van der Waals surface area contributed by atoms with E-state index in [-0.39, 0.29) is 0 Å². The second-order valence-corrected chi connectivity index (χ2v) is 4.32. The van der Waals surface area contributed by atoms with E-state index in [4.69, 9.17) is 0 Å². The van der Waals surface area contributed by atoms with Crippen molar-refractivity contribution in [3.63, 3.8) is 0 Å². The molecule has 0 saturated heterocycles. The van der Waals surface area contributed by atoms with E-state index in [1.807, 2.05) is 0 Å². The normalized spacial score (nSPS) is 24.2. The molecule has 1 rings (SSSR count). The first-order valence-electron chi connectivity index (χ1n) is 5.50. The molecule has 12 heavy (non-hydrogen) atoms. The molecule has 0 aromatic rings. The standard InChI is InChI=1S/C11H23N/c1-4-9(2)10(3)12-11-7-5-6-8-11/h9-12H,4-8H2,1-3H3. The van der Waals surface area contributed by atoms with Gasteiger partial charge in [-0.15, -0.1) is 0 Å². The number of rotatable bonds is 4. The molecular formula is C11H23N. The topological polar surface area (TPSA) is 12.0 Å². The molecule has 2 unspecified atom stereocenters. The highest BCUT2D eigenvalue weighted by molar-refractivity contribution is 4.78. The molecule has 72 valence electrons. The van der Waals surface area contributed by atoms with Crippen molar-refractivity contribution >= 4 is 0 Å². The van der Waals surface area contributed by atoms with Gasteiger partial charge in [0.1, 0.15) is 0 Å². The summed E-state index contributed by atoms with van der Waals surface area (Å²) in [6.45, 7) is 6.94. The minimum atomic E-state index is 0.707. The Morgan fingerprint density at radius 2 is 1.83 bits per heavy atom. The molecule has 1 aliphatic rings. The molecule has 1 aliphatic carbocycles.